The summed E-state index contributed by atoms with van der Waals surface area (Å²) in [5, 5.41) is 2.74. The Balaban J connectivity index is 1.91. The summed E-state index contributed by atoms with van der Waals surface area (Å²) in [4.78, 5) is 12.1. The van der Waals surface area contributed by atoms with Crippen LogP contribution in [0, 0.1) is 0 Å². The summed E-state index contributed by atoms with van der Waals surface area (Å²) in [6, 6.07) is 12.2. The molecule has 2 N–H and O–H groups in total. The van der Waals surface area contributed by atoms with E-state index in [9.17, 15) is 13.2 Å². The van der Waals surface area contributed by atoms with Gasteiger partial charge in [0.2, 0.25) is 10.0 Å². The summed E-state index contributed by atoms with van der Waals surface area (Å²) in [6.45, 7) is 2.01. The first-order valence-electron chi connectivity index (χ1n) is 8.57. The van der Waals surface area contributed by atoms with Crippen molar-refractivity contribution in [3.8, 4) is 11.5 Å². The van der Waals surface area contributed by atoms with E-state index in [2.05, 4.69) is 10.0 Å². The highest BCUT2D eigenvalue weighted by Gasteiger charge is 2.09. The van der Waals surface area contributed by atoms with E-state index in [0.717, 1.165) is 17.4 Å². The molecule has 2 aromatic rings. The zero-order valence-corrected chi connectivity index (χ0v) is 16.9. The highest BCUT2D eigenvalue weighted by atomic mass is 32.2. The first kappa shape index (κ1) is 21.3. The van der Waals surface area contributed by atoms with Gasteiger partial charge in [0.15, 0.2) is 18.1 Å². The van der Waals surface area contributed by atoms with E-state index in [-0.39, 0.29) is 19.1 Å². The molecule has 0 aliphatic rings. The molecule has 1 amide bonds. The van der Waals surface area contributed by atoms with Gasteiger partial charge < -0.3 is 14.8 Å². The quantitative estimate of drug-likeness (QED) is 0.670. The summed E-state index contributed by atoms with van der Waals surface area (Å²) < 4.78 is 35.8. The molecule has 0 aliphatic heterocycles. The lowest BCUT2D eigenvalue weighted by molar-refractivity contribution is -0.123. The number of allylic oxidation sites excluding steroid dienone is 1. The molecule has 0 spiro atoms. The van der Waals surface area contributed by atoms with E-state index < -0.39 is 10.0 Å². The Labute approximate surface area is 165 Å². The van der Waals surface area contributed by atoms with Gasteiger partial charge >= 0.3 is 0 Å². The van der Waals surface area contributed by atoms with Crippen molar-refractivity contribution in [1.29, 1.82) is 0 Å². The van der Waals surface area contributed by atoms with Crippen molar-refractivity contribution < 1.29 is 22.7 Å². The van der Waals surface area contributed by atoms with Crippen LogP contribution in [0.25, 0.3) is 6.08 Å². The third kappa shape index (κ3) is 6.96. The van der Waals surface area contributed by atoms with E-state index in [4.69, 9.17) is 9.47 Å². The number of nitrogens with one attached hydrogen (secondary N) is 2. The van der Waals surface area contributed by atoms with Crippen molar-refractivity contribution in [3.05, 3.63) is 59.7 Å². The van der Waals surface area contributed by atoms with Crippen LogP contribution in [0.2, 0.25) is 0 Å². The van der Waals surface area contributed by atoms with Crippen molar-refractivity contribution in [2.45, 2.75) is 13.5 Å². The predicted octanol–water partition coefficient (Wildman–Crippen LogP) is 2.80. The Hall–Kier alpha value is -3.00. The average molecular weight is 404 g/mol. The molecule has 0 fully saturated rings. The van der Waals surface area contributed by atoms with Crippen LogP contribution in [0.4, 0.5) is 5.69 Å². The lowest BCUT2D eigenvalue weighted by atomic mass is 10.2. The molecule has 7 nitrogen and oxygen atoms in total. The number of amides is 1. The number of rotatable bonds is 9. The molecule has 0 aromatic heterocycles. The van der Waals surface area contributed by atoms with Crippen molar-refractivity contribution in [1.82, 2.24) is 5.32 Å². The molecule has 0 atom stereocenters. The molecule has 2 rings (SSSR count). The lowest BCUT2D eigenvalue weighted by Crippen LogP contribution is -2.28. The number of carbonyl (C=O) groups excluding carboxylic acids is 1. The van der Waals surface area contributed by atoms with E-state index in [1.54, 1.807) is 37.4 Å². The van der Waals surface area contributed by atoms with Crippen LogP contribution >= 0.6 is 0 Å². The zero-order chi connectivity index (χ0) is 20.6. The Morgan fingerprint density at radius 3 is 2.61 bits per heavy atom. The number of hydrogen-bond donors (Lipinski definition) is 2. The predicted molar refractivity (Wildman–Crippen MR) is 110 cm³/mol. The summed E-state index contributed by atoms with van der Waals surface area (Å²) in [6.07, 6.45) is 4.94. The van der Waals surface area contributed by atoms with Gasteiger partial charge in [0, 0.05) is 12.2 Å². The third-order valence-corrected chi connectivity index (χ3v) is 4.23. The molecule has 0 unspecified atom stereocenters. The zero-order valence-electron chi connectivity index (χ0n) is 16.1. The molecule has 0 bridgehead atoms. The minimum atomic E-state index is -3.35. The largest absolute Gasteiger partial charge is 0.493 e. The minimum absolute atomic E-state index is 0.166. The maximum Gasteiger partial charge on any atom is 0.258 e. The molecule has 28 heavy (non-hydrogen) atoms. The van der Waals surface area contributed by atoms with Gasteiger partial charge in [0.1, 0.15) is 0 Å². The number of sulfonamides is 1. The molecule has 0 radical (unpaired) electrons. The standard InChI is InChI=1S/C20H24N2O5S/c1-4-6-15-9-10-18(19(12-15)26-2)27-14-20(23)21-13-16-7-5-8-17(11-16)22-28(3,24)25/h4-12,22H,13-14H2,1-3H3,(H,21,23)/b6-4+. The number of carbonyl (C=O) groups is 1. The number of methoxy groups -OCH3 is 1. The average Bonchev–Trinajstić information content (AvgIpc) is 2.64. The van der Waals surface area contributed by atoms with Crippen molar-refractivity contribution in [2.75, 3.05) is 24.7 Å². The number of hydrogen-bond acceptors (Lipinski definition) is 5. The molecule has 0 saturated heterocycles. The van der Waals surface area contributed by atoms with Crippen LogP contribution in [-0.4, -0.2) is 34.3 Å². The first-order chi connectivity index (χ1) is 13.3. The molecule has 150 valence electrons. The van der Waals surface area contributed by atoms with Crippen molar-refractivity contribution in [3.63, 3.8) is 0 Å². The van der Waals surface area contributed by atoms with Gasteiger partial charge in [-0.25, -0.2) is 8.42 Å². The van der Waals surface area contributed by atoms with Gasteiger partial charge in [-0.15, -0.1) is 0 Å². The Morgan fingerprint density at radius 2 is 1.93 bits per heavy atom. The Kier molecular flexibility index (Phi) is 7.45. The molecule has 0 saturated carbocycles. The summed E-state index contributed by atoms with van der Waals surface area (Å²) in [5.74, 6) is 0.717. The highest BCUT2D eigenvalue weighted by molar-refractivity contribution is 7.92. The summed E-state index contributed by atoms with van der Waals surface area (Å²) >= 11 is 0. The van der Waals surface area contributed by atoms with Gasteiger partial charge in [-0.2, -0.15) is 0 Å². The van der Waals surface area contributed by atoms with E-state index in [1.165, 1.54) is 0 Å². The topological polar surface area (TPSA) is 93.7 Å². The Morgan fingerprint density at radius 1 is 1.14 bits per heavy atom. The van der Waals surface area contributed by atoms with Crippen LogP contribution in [0.3, 0.4) is 0 Å². The van der Waals surface area contributed by atoms with E-state index in [0.29, 0.717) is 17.2 Å². The van der Waals surface area contributed by atoms with E-state index >= 15 is 0 Å². The second-order valence-corrected chi connectivity index (χ2v) is 7.80. The monoisotopic (exact) mass is 404 g/mol. The maximum absolute atomic E-state index is 12.1. The lowest BCUT2D eigenvalue weighted by Gasteiger charge is -2.12. The number of ether oxygens (including phenoxy) is 2. The fourth-order valence-corrected chi connectivity index (χ4v) is 3.01. The van der Waals surface area contributed by atoms with Gasteiger partial charge in [0.25, 0.3) is 5.91 Å². The van der Waals surface area contributed by atoms with Gasteiger partial charge in [-0.3, -0.25) is 9.52 Å². The second-order valence-electron chi connectivity index (χ2n) is 6.05. The molecular weight excluding hydrogens is 380 g/mol. The fraction of sp³-hybridized carbons (Fsp3) is 0.250. The fourth-order valence-electron chi connectivity index (χ4n) is 2.45. The van der Waals surface area contributed by atoms with Crippen LogP contribution < -0.4 is 19.5 Å². The highest BCUT2D eigenvalue weighted by Crippen LogP contribution is 2.28. The van der Waals surface area contributed by atoms with Crippen LogP contribution in [-0.2, 0) is 21.4 Å². The third-order valence-electron chi connectivity index (χ3n) is 3.63. The first-order valence-corrected chi connectivity index (χ1v) is 10.5. The smallest absolute Gasteiger partial charge is 0.258 e. The van der Waals surface area contributed by atoms with Gasteiger partial charge in [-0.1, -0.05) is 30.4 Å². The number of benzene rings is 2. The van der Waals surface area contributed by atoms with Gasteiger partial charge in [-0.05, 0) is 42.3 Å². The van der Waals surface area contributed by atoms with Crippen LogP contribution in [0.1, 0.15) is 18.1 Å². The molecular formula is C20H24N2O5S. The van der Waals surface area contributed by atoms with Crippen molar-refractivity contribution >= 4 is 27.7 Å². The van der Waals surface area contributed by atoms with Crippen LogP contribution in [0.15, 0.2) is 48.5 Å². The maximum atomic E-state index is 12.1. The number of anilines is 1. The van der Waals surface area contributed by atoms with E-state index in [1.807, 2.05) is 31.2 Å². The van der Waals surface area contributed by atoms with Crippen molar-refractivity contribution in [2.24, 2.45) is 0 Å². The molecule has 2 aromatic carbocycles. The summed E-state index contributed by atoms with van der Waals surface area (Å²) in [7, 11) is -1.81. The van der Waals surface area contributed by atoms with Crippen LogP contribution in [0.5, 0.6) is 11.5 Å². The normalized spacial score (nSPS) is 11.2. The van der Waals surface area contributed by atoms with Gasteiger partial charge in [0.05, 0.1) is 13.4 Å². The molecule has 0 heterocycles. The minimum Gasteiger partial charge on any atom is -0.493 e. The molecule has 8 heteroatoms. The SMILES string of the molecule is C/C=C/c1ccc(OCC(=O)NCc2cccc(NS(C)(=O)=O)c2)c(OC)c1. The Bertz CT molecular complexity index is 955. The summed E-state index contributed by atoms with van der Waals surface area (Å²) in [5.41, 5.74) is 2.17. The molecule has 0 aliphatic carbocycles. The second kappa shape index (κ2) is 9.80.